The maximum absolute atomic E-state index is 6.33. The maximum Gasteiger partial charge on any atom is 0.0224 e. The van der Waals surface area contributed by atoms with E-state index < -0.39 is 0 Å². The van der Waals surface area contributed by atoms with Gasteiger partial charge in [0, 0.05) is 5.54 Å². The second-order valence-electron chi connectivity index (χ2n) is 4.46. The first-order chi connectivity index (χ1) is 4.83. The Kier molecular flexibility index (Phi) is 3.56. The quantitative estimate of drug-likeness (QED) is 0.669. The van der Waals surface area contributed by atoms with Crippen molar-refractivity contribution in [2.75, 3.05) is 0 Å². The molecule has 0 radical (unpaired) electrons. The second-order valence-corrected chi connectivity index (χ2v) is 4.46. The van der Waals surface area contributed by atoms with Crippen LogP contribution in [0.3, 0.4) is 0 Å². The summed E-state index contributed by atoms with van der Waals surface area (Å²) in [6, 6.07) is 0. The molecule has 1 heteroatoms. The Morgan fingerprint density at radius 3 is 0.909 bits per heavy atom. The maximum atomic E-state index is 6.33. The van der Waals surface area contributed by atoms with Gasteiger partial charge in [-0.3, -0.25) is 0 Å². The molecule has 0 aromatic carbocycles. The van der Waals surface area contributed by atoms with Crippen molar-refractivity contribution in [3.8, 4) is 0 Å². The molecular formula is C10H23N. The van der Waals surface area contributed by atoms with E-state index in [1.54, 1.807) is 0 Å². The Morgan fingerprint density at radius 2 is 0.909 bits per heavy atom. The van der Waals surface area contributed by atoms with Crippen LogP contribution in [0.5, 0.6) is 0 Å². The molecule has 11 heavy (non-hydrogen) atoms. The molecule has 0 fully saturated rings. The average Bonchev–Trinajstić information content (AvgIpc) is 1.84. The van der Waals surface area contributed by atoms with Crippen LogP contribution >= 0.6 is 0 Å². The molecule has 0 amide bonds. The van der Waals surface area contributed by atoms with Crippen molar-refractivity contribution in [1.29, 1.82) is 0 Å². The molecule has 0 aromatic rings. The standard InChI is InChI=1S/C10H23N/c1-7(2)10(11,8(3)4)9(5)6/h7-9H,11H2,1-6H3. The normalized spacial score (nSPS) is 13.6. The first kappa shape index (κ1) is 11.0. The second kappa shape index (κ2) is 3.57. The van der Waals surface area contributed by atoms with Gasteiger partial charge < -0.3 is 5.73 Å². The predicted molar refractivity (Wildman–Crippen MR) is 51.4 cm³/mol. The van der Waals surface area contributed by atoms with E-state index in [4.69, 9.17) is 5.73 Å². The molecule has 0 saturated heterocycles. The van der Waals surface area contributed by atoms with Crippen LogP contribution in [-0.2, 0) is 0 Å². The van der Waals surface area contributed by atoms with Gasteiger partial charge >= 0.3 is 0 Å². The summed E-state index contributed by atoms with van der Waals surface area (Å²) in [6.07, 6.45) is 0. The van der Waals surface area contributed by atoms with Gasteiger partial charge in [-0.15, -0.1) is 0 Å². The van der Waals surface area contributed by atoms with E-state index in [0.717, 1.165) is 0 Å². The van der Waals surface area contributed by atoms with Crippen molar-refractivity contribution < 1.29 is 0 Å². The lowest BCUT2D eigenvalue weighted by molar-refractivity contribution is 0.156. The third kappa shape index (κ3) is 1.96. The highest BCUT2D eigenvalue weighted by atomic mass is 14.8. The zero-order valence-corrected chi connectivity index (χ0v) is 8.81. The molecule has 0 aliphatic carbocycles. The molecular weight excluding hydrogens is 134 g/mol. The molecule has 0 heterocycles. The fourth-order valence-electron chi connectivity index (χ4n) is 2.00. The Labute approximate surface area is 71.4 Å². The van der Waals surface area contributed by atoms with Crippen LogP contribution in [0.15, 0.2) is 0 Å². The molecule has 0 aliphatic heterocycles. The fraction of sp³-hybridized carbons (Fsp3) is 1.00. The largest absolute Gasteiger partial charge is 0.324 e. The van der Waals surface area contributed by atoms with Crippen molar-refractivity contribution in [1.82, 2.24) is 0 Å². The summed E-state index contributed by atoms with van der Waals surface area (Å²) in [6.45, 7) is 13.3. The van der Waals surface area contributed by atoms with Gasteiger partial charge in [0.05, 0.1) is 0 Å². The number of hydrogen-bond donors (Lipinski definition) is 1. The summed E-state index contributed by atoms with van der Waals surface area (Å²) in [5.74, 6) is 1.67. The summed E-state index contributed by atoms with van der Waals surface area (Å²) in [7, 11) is 0. The molecule has 2 N–H and O–H groups in total. The van der Waals surface area contributed by atoms with E-state index in [0.29, 0.717) is 17.8 Å². The number of nitrogens with two attached hydrogens (primary N) is 1. The SMILES string of the molecule is CC(C)C(N)(C(C)C)C(C)C. The molecule has 0 rings (SSSR count). The molecule has 0 unspecified atom stereocenters. The summed E-state index contributed by atoms with van der Waals surface area (Å²) >= 11 is 0. The van der Waals surface area contributed by atoms with Crippen LogP contribution in [0.25, 0.3) is 0 Å². The van der Waals surface area contributed by atoms with Gasteiger partial charge in [0.15, 0.2) is 0 Å². The molecule has 68 valence electrons. The molecule has 0 spiro atoms. The van der Waals surface area contributed by atoms with E-state index in [-0.39, 0.29) is 5.54 Å². The molecule has 0 aliphatic rings. The Balaban J connectivity index is 4.53. The molecule has 0 atom stereocenters. The topological polar surface area (TPSA) is 26.0 Å². The lowest BCUT2D eigenvalue weighted by Crippen LogP contribution is -2.54. The van der Waals surface area contributed by atoms with Gasteiger partial charge in [0.2, 0.25) is 0 Å². The van der Waals surface area contributed by atoms with Crippen LogP contribution in [-0.4, -0.2) is 5.54 Å². The Bertz CT molecular complexity index is 92.3. The van der Waals surface area contributed by atoms with Crippen LogP contribution < -0.4 is 5.73 Å². The van der Waals surface area contributed by atoms with E-state index >= 15 is 0 Å². The van der Waals surface area contributed by atoms with Crippen molar-refractivity contribution in [3.63, 3.8) is 0 Å². The predicted octanol–water partition coefficient (Wildman–Crippen LogP) is 2.65. The number of hydrogen-bond acceptors (Lipinski definition) is 1. The van der Waals surface area contributed by atoms with Crippen LogP contribution in [0.4, 0.5) is 0 Å². The van der Waals surface area contributed by atoms with Crippen LogP contribution in [0.1, 0.15) is 41.5 Å². The van der Waals surface area contributed by atoms with Gasteiger partial charge in [0.1, 0.15) is 0 Å². The first-order valence-corrected chi connectivity index (χ1v) is 4.62. The summed E-state index contributed by atoms with van der Waals surface area (Å²) in [4.78, 5) is 0. The zero-order valence-electron chi connectivity index (χ0n) is 8.81. The van der Waals surface area contributed by atoms with E-state index in [1.165, 1.54) is 0 Å². The fourth-order valence-corrected chi connectivity index (χ4v) is 2.00. The van der Waals surface area contributed by atoms with Gasteiger partial charge in [-0.25, -0.2) is 0 Å². The number of rotatable bonds is 3. The molecule has 0 aromatic heterocycles. The minimum atomic E-state index is 0.000000000000000222. The van der Waals surface area contributed by atoms with Crippen LogP contribution in [0.2, 0.25) is 0 Å². The summed E-state index contributed by atoms with van der Waals surface area (Å²) in [5.41, 5.74) is 6.33. The van der Waals surface area contributed by atoms with Gasteiger partial charge in [0.25, 0.3) is 0 Å². The zero-order chi connectivity index (χ0) is 9.23. The summed E-state index contributed by atoms with van der Waals surface area (Å²) < 4.78 is 0. The Morgan fingerprint density at radius 1 is 0.727 bits per heavy atom. The van der Waals surface area contributed by atoms with Gasteiger partial charge in [-0.05, 0) is 17.8 Å². The first-order valence-electron chi connectivity index (χ1n) is 4.62. The minimum absolute atomic E-state index is 0.000000000000000222. The lowest BCUT2D eigenvalue weighted by atomic mass is 9.70. The minimum Gasteiger partial charge on any atom is -0.324 e. The highest BCUT2D eigenvalue weighted by Crippen LogP contribution is 2.30. The van der Waals surface area contributed by atoms with Crippen molar-refractivity contribution in [3.05, 3.63) is 0 Å². The average molecular weight is 157 g/mol. The third-order valence-electron chi connectivity index (χ3n) is 3.00. The van der Waals surface area contributed by atoms with Crippen molar-refractivity contribution in [2.24, 2.45) is 23.5 Å². The smallest absolute Gasteiger partial charge is 0.0224 e. The highest BCUT2D eigenvalue weighted by molar-refractivity contribution is 4.92. The third-order valence-corrected chi connectivity index (χ3v) is 3.00. The molecule has 1 nitrogen and oxygen atoms in total. The van der Waals surface area contributed by atoms with Gasteiger partial charge in [-0.1, -0.05) is 41.5 Å². The van der Waals surface area contributed by atoms with E-state index in [9.17, 15) is 0 Å². The van der Waals surface area contributed by atoms with Gasteiger partial charge in [-0.2, -0.15) is 0 Å². The van der Waals surface area contributed by atoms with Crippen LogP contribution in [0, 0.1) is 17.8 Å². The summed E-state index contributed by atoms with van der Waals surface area (Å²) in [5, 5.41) is 0. The van der Waals surface area contributed by atoms with E-state index in [2.05, 4.69) is 41.5 Å². The molecule has 0 bridgehead atoms. The highest BCUT2D eigenvalue weighted by Gasteiger charge is 2.35. The van der Waals surface area contributed by atoms with Crippen molar-refractivity contribution in [2.45, 2.75) is 47.1 Å². The molecule has 0 saturated carbocycles. The Hall–Kier alpha value is -0.0400. The monoisotopic (exact) mass is 157 g/mol. The van der Waals surface area contributed by atoms with Crippen molar-refractivity contribution >= 4 is 0 Å². The lowest BCUT2D eigenvalue weighted by Gasteiger charge is -2.41. The van der Waals surface area contributed by atoms with E-state index in [1.807, 2.05) is 0 Å².